The summed E-state index contributed by atoms with van der Waals surface area (Å²) in [5.41, 5.74) is -0.00871. The minimum absolute atomic E-state index is 0.00871. The fourth-order valence-electron chi connectivity index (χ4n) is 1.34. The molecule has 0 aliphatic carbocycles. The van der Waals surface area contributed by atoms with Gasteiger partial charge in [0.15, 0.2) is 0 Å². The fraction of sp³-hybridized carbons (Fsp3) is 0.455. The lowest BCUT2D eigenvalue weighted by atomic mass is 10.2. The van der Waals surface area contributed by atoms with Gasteiger partial charge in [0.1, 0.15) is 11.6 Å². The Morgan fingerprint density at radius 1 is 1.47 bits per heavy atom. The summed E-state index contributed by atoms with van der Waals surface area (Å²) in [7, 11) is 1.54. The molecule has 0 saturated carbocycles. The van der Waals surface area contributed by atoms with E-state index in [2.05, 4.69) is 21.2 Å². The first-order chi connectivity index (χ1) is 8.10. The van der Waals surface area contributed by atoms with E-state index in [1.165, 1.54) is 12.1 Å². The van der Waals surface area contributed by atoms with E-state index in [1.54, 1.807) is 7.11 Å². The highest BCUT2D eigenvalue weighted by Gasteiger charge is 2.14. The molecule has 0 aliphatic heterocycles. The predicted molar refractivity (Wildman–Crippen MR) is 67.3 cm³/mol. The van der Waals surface area contributed by atoms with Gasteiger partial charge in [-0.3, -0.25) is 0 Å². The summed E-state index contributed by atoms with van der Waals surface area (Å²) >= 11 is 8.70. The number of rotatable bonds is 6. The number of methoxy groups -OCH3 is 1. The van der Waals surface area contributed by atoms with Crippen LogP contribution in [0, 0.1) is 11.6 Å². The standard InChI is InChI=1S/C11H13BrClF2NO/c1-17-6-7(4-13)16-5-8-10(14)3-2-9(12)11(8)15/h2-3,7,16H,4-6H2,1H3. The van der Waals surface area contributed by atoms with Crippen LogP contribution in [0.25, 0.3) is 0 Å². The summed E-state index contributed by atoms with van der Waals surface area (Å²) < 4.78 is 32.2. The average Bonchev–Trinajstić information content (AvgIpc) is 2.32. The Morgan fingerprint density at radius 2 is 2.18 bits per heavy atom. The SMILES string of the molecule is COCC(CCl)NCc1c(F)ccc(Br)c1F. The topological polar surface area (TPSA) is 21.3 Å². The molecule has 0 amide bonds. The number of hydrogen-bond acceptors (Lipinski definition) is 2. The molecule has 0 aromatic heterocycles. The maximum absolute atomic E-state index is 13.6. The summed E-state index contributed by atoms with van der Waals surface area (Å²) in [5, 5.41) is 2.94. The highest BCUT2D eigenvalue weighted by Crippen LogP contribution is 2.21. The van der Waals surface area contributed by atoms with Crippen LogP contribution < -0.4 is 5.32 Å². The minimum atomic E-state index is -0.594. The second-order valence-corrected chi connectivity index (χ2v) is 4.67. The van der Waals surface area contributed by atoms with Crippen LogP contribution in [0.1, 0.15) is 5.56 Å². The number of alkyl halides is 1. The monoisotopic (exact) mass is 327 g/mol. The predicted octanol–water partition coefficient (Wildman–Crippen LogP) is 3.07. The molecular weight excluding hydrogens is 315 g/mol. The fourth-order valence-corrected chi connectivity index (χ4v) is 1.91. The summed E-state index contributed by atoms with van der Waals surface area (Å²) in [5.74, 6) is -0.863. The number of nitrogens with one attached hydrogen (secondary N) is 1. The molecule has 6 heteroatoms. The molecular formula is C11H13BrClF2NO. The molecule has 0 spiro atoms. The van der Waals surface area contributed by atoms with Crippen molar-refractivity contribution >= 4 is 27.5 Å². The summed E-state index contributed by atoms with van der Waals surface area (Å²) in [6, 6.07) is 2.41. The average molecular weight is 329 g/mol. The van der Waals surface area contributed by atoms with E-state index in [4.69, 9.17) is 16.3 Å². The normalized spacial score (nSPS) is 12.8. The Bertz CT molecular complexity index is 379. The van der Waals surface area contributed by atoms with Crippen molar-refractivity contribution < 1.29 is 13.5 Å². The van der Waals surface area contributed by atoms with Crippen LogP contribution in [-0.2, 0) is 11.3 Å². The van der Waals surface area contributed by atoms with E-state index in [-0.39, 0.29) is 22.6 Å². The van der Waals surface area contributed by atoms with Gasteiger partial charge < -0.3 is 10.1 Å². The third-order valence-corrected chi connectivity index (χ3v) is 3.25. The molecule has 0 radical (unpaired) electrons. The van der Waals surface area contributed by atoms with Gasteiger partial charge in [0, 0.05) is 31.1 Å². The van der Waals surface area contributed by atoms with Gasteiger partial charge in [-0.15, -0.1) is 11.6 Å². The first-order valence-corrected chi connectivity index (χ1v) is 6.33. The molecule has 2 nitrogen and oxygen atoms in total. The molecule has 17 heavy (non-hydrogen) atoms. The van der Waals surface area contributed by atoms with Crippen molar-refractivity contribution in [3.05, 3.63) is 33.8 Å². The van der Waals surface area contributed by atoms with Gasteiger partial charge >= 0.3 is 0 Å². The molecule has 1 aromatic carbocycles. The van der Waals surface area contributed by atoms with Gasteiger partial charge in [-0.1, -0.05) is 0 Å². The molecule has 0 saturated heterocycles. The maximum Gasteiger partial charge on any atom is 0.144 e. The second kappa shape index (κ2) is 7.26. The number of ether oxygens (including phenoxy) is 1. The molecule has 1 unspecified atom stereocenters. The van der Waals surface area contributed by atoms with Gasteiger partial charge in [-0.05, 0) is 28.1 Å². The molecule has 1 rings (SSSR count). The quantitative estimate of drug-likeness (QED) is 0.640. The maximum atomic E-state index is 13.6. The van der Waals surface area contributed by atoms with Gasteiger partial charge in [-0.25, -0.2) is 8.78 Å². The third kappa shape index (κ3) is 4.17. The second-order valence-electron chi connectivity index (χ2n) is 3.51. The van der Waals surface area contributed by atoms with Crippen molar-refractivity contribution in [2.45, 2.75) is 12.6 Å². The highest BCUT2D eigenvalue weighted by atomic mass is 79.9. The first-order valence-electron chi connectivity index (χ1n) is 5.00. The minimum Gasteiger partial charge on any atom is -0.383 e. The molecule has 1 atom stereocenters. The van der Waals surface area contributed by atoms with Gasteiger partial charge in [0.05, 0.1) is 11.1 Å². The van der Waals surface area contributed by atoms with Crippen molar-refractivity contribution in [2.75, 3.05) is 19.6 Å². The van der Waals surface area contributed by atoms with E-state index in [1.807, 2.05) is 0 Å². The van der Waals surface area contributed by atoms with Crippen LogP contribution in [0.3, 0.4) is 0 Å². The molecule has 0 aliphatic rings. The van der Waals surface area contributed by atoms with Gasteiger partial charge in [0.2, 0.25) is 0 Å². The van der Waals surface area contributed by atoms with E-state index < -0.39 is 11.6 Å². The van der Waals surface area contributed by atoms with E-state index >= 15 is 0 Å². The Kier molecular flexibility index (Phi) is 6.33. The summed E-state index contributed by atoms with van der Waals surface area (Å²) in [6.07, 6.45) is 0. The largest absolute Gasteiger partial charge is 0.383 e. The van der Waals surface area contributed by atoms with Crippen molar-refractivity contribution in [3.63, 3.8) is 0 Å². The molecule has 1 aromatic rings. The molecule has 0 fully saturated rings. The smallest absolute Gasteiger partial charge is 0.144 e. The van der Waals surface area contributed by atoms with Crippen LogP contribution in [0.4, 0.5) is 8.78 Å². The van der Waals surface area contributed by atoms with Crippen LogP contribution in [-0.4, -0.2) is 25.6 Å². The number of benzene rings is 1. The number of halogens is 4. The third-order valence-electron chi connectivity index (χ3n) is 2.26. The Morgan fingerprint density at radius 3 is 2.76 bits per heavy atom. The zero-order valence-corrected chi connectivity index (χ0v) is 11.6. The van der Waals surface area contributed by atoms with Crippen molar-refractivity contribution in [1.82, 2.24) is 5.32 Å². The summed E-state index contributed by atoms with van der Waals surface area (Å²) in [4.78, 5) is 0. The lowest BCUT2D eigenvalue weighted by Gasteiger charge is -2.15. The zero-order valence-electron chi connectivity index (χ0n) is 9.27. The molecule has 0 heterocycles. The van der Waals surface area contributed by atoms with Crippen molar-refractivity contribution in [2.24, 2.45) is 0 Å². The van der Waals surface area contributed by atoms with E-state index in [0.717, 1.165) is 0 Å². The van der Waals surface area contributed by atoms with Gasteiger partial charge in [-0.2, -0.15) is 0 Å². The Labute approximate surface area is 112 Å². The molecule has 1 N–H and O–H groups in total. The van der Waals surface area contributed by atoms with Crippen LogP contribution in [0.15, 0.2) is 16.6 Å². The van der Waals surface area contributed by atoms with Crippen LogP contribution >= 0.6 is 27.5 Å². The number of hydrogen-bond donors (Lipinski definition) is 1. The van der Waals surface area contributed by atoms with Crippen LogP contribution in [0.5, 0.6) is 0 Å². The first kappa shape index (κ1) is 14.8. The molecule has 96 valence electrons. The zero-order chi connectivity index (χ0) is 12.8. The Hall–Kier alpha value is -0.230. The highest BCUT2D eigenvalue weighted by molar-refractivity contribution is 9.10. The lowest BCUT2D eigenvalue weighted by molar-refractivity contribution is 0.172. The van der Waals surface area contributed by atoms with Crippen LogP contribution in [0.2, 0.25) is 0 Å². The Balaban J connectivity index is 2.71. The van der Waals surface area contributed by atoms with E-state index in [9.17, 15) is 8.78 Å². The van der Waals surface area contributed by atoms with Gasteiger partial charge in [0.25, 0.3) is 0 Å². The summed E-state index contributed by atoms with van der Waals surface area (Å²) in [6.45, 7) is 0.457. The van der Waals surface area contributed by atoms with Crippen molar-refractivity contribution in [3.8, 4) is 0 Å². The van der Waals surface area contributed by atoms with E-state index in [0.29, 0.717) is 12.5 Å². The lowest BCUT2D eigenvalue weighted by Crippen LogP contribution is -2.34. The van der Waals surface area contributed by atoms with Crippen molar-refractivity contribution in [1.29, 1.82) is 0 Å². The molecule has 0 bridgehead atoms.